The molecule has 102 valence electrons. The van der Waals surface area contributed by atoms with E-state index in [1.165, 1.54) is 38.5 Å². The number of hydrogen-bond donors (Lipinski definition) is 0. The first-order chi connectivity index (χ1) is 8.79. The molecule has 0 saturated heterocycles. The van der Waals surface area contributed by atoms with E-state index in [1.807, 2.05) is 0 Å². The summed E-state index contributed by atoms with van der Waals surface area (Å²) in [6.45, 7) is 10.2. The Morgan fingerprint density at radius 2 is 1.50 bits per heavy atom. The van der Waals surface area contributed by atoms with Gasteiger partial charge < -0.3 is 0 Å². The molecule has 0 radical (unpaired) electrons. The van der Waals surface area contributed by atoms with Gasteiger partial charge in [0.2, 0.25) is 0 Å². The standard InChI is InChI=1S/C17H29N/c1-4-7-10-13-16(5-2)17(6-3)14-11-8-9-12-15-18/h5-6,16-17H,2-4,7-14H2,1H3. The highest BCUT2D eigenvalue weighted by molar-refractivity contribution is 4.92. The highest BCUT2D eigenvalue weighted by Crippen LogP contribution is 2.26. The minimum absolute atomic E-state index is 0.571. The van der Waals surface area contributed by atoms with Crippen LogP contribution in [0.25, 0.3) is 0 Å². The van der Waals surface area contributed by atoms with Gasteiger partial charge in [0.05, 0.1) is 6.07 Å². The minimum Gasteiger partial charge on any atom is -0.198 e. The summed E-state index contributed by atoms with van der Waals surface area (Å²) in [5, 5.41) is 8.49. The van der Waals surface area contributed by atoms with Gasteiger partial charge in [-0.15, -0.1) is 13.2 Å². The first kappa shape index (κ1) is 17.0. The zero-order valence-electron chi connectivity index (χ0n) is 12.0. The van der Waals surface area contributed by atoms with Gasteiger partial charge in [-0.3, -0.25) is 0 Å². The van der Waals surface area contributed by atoms with E-state index in [4.69, 9.17) is 5.26 Å². The summed E-state index contributed by atoms with van der Waals surface area (Å²) < 4.78 is 0. The van der Waals surface area contributed by atoms with Crippen LogP contribution in [0.4, 0.5) is 0 Å². The van der Waals surface area contributed by atoms with Gasteiger partial charge in [0, 0.05) is 6.42 Å². The molecule has 0 fully saturated rings. The van der Waals surface area contributed by atoms with Gasteiger partial charge in [-0.25, -0.2) is 0 Å². The Bertz CT molecular complexity index is 249. The van der Waals surface area contributed by atoms with Crippen LogP contribution in [0.2, 0.25) is 0 Å². The van der Waals surface area contributed by atoms with E-state index in [1.54, 1.807) is 0 Å². The first-order valence-corrected chi connectivity index (χ1v) is 7.42. The molecule has 1 nitrogen and oxygen atoms in total. The molecule has 18 heavy (non-hydrogen) atoms. The molecule has 0 saturated carbocycles. The number of allylic oxidation sites excluding steroid dienone is 2. The summed E-state index contributed by atoms with van der Waals surface area (Å²) in [6, 6.07) is 2.20. The Labute approximate surface area is 114 Å². The Balaban J connectivity index is 3.91. The van der Waals surface area contributed by atoms with Crippen molar-refractivity contribution in [3.8, 4) is 6.07 Å². The second kappa shape index (κ2) is 12.4. The van der Waals surface area contributed by atoms with Crippen LogP contribution in [0, 0.1) is 23.2 Å². The van der Waals surface area contributed by atoms with Crippen molar-refractivity contribution in [1.29, 1.82) is 5.26 Å². The normalized spacial score (nSPS) is 13.6. The quantitative estimate of drug-likeness (QED) is 0.323. The van der Waals surface area contributed by atoms with Crippen LogP contribution in [-0.2, 0) is 0 Å². The Morgan fingerprint density at radius 1 is 0.944 bits per heavy atom. The summed E-state index contributed by atoms with van der Waals surface area (Å²) in [6.07, 6.45) is 14.6. The number of unbranched alkanes of at least 4 members (excludes halogenated alkanes) is 5. The van der Waals surface area contributed by atoms with Crippen molar-refractivity contribution in [3.63, 3.8) is 0 Å². The molecule has 0 heterocycles. The SMILES string of the molecule is C=CC(CCCCC)C(C=C)CCCCCC#N. The third-order valence-corrected chi connectivity index (χ3v) is 3.62. The van der Waals surface area contributed by atoms with Gasteiger partial charge in [-0.2, -0.15) is 5.26 Å². The van der Waals surface area contributed by atoms with Crippen LogP contribution in [-0.4, -0.2) is 0 Å². The molecule has 2 unspecified atom stereocenters. The highest BCUT2D eigenvalue weighted by Gasteiger charge is 2.14. The van der Waals surface area contributed by atoms with Crippen molar-refractivity contribution in [1.82, 2.24) is 0 Å². The van der Waals surface area contributed by atoms with E-state index in [0.29, 0.717) is 18.3 Å². The lowest BCUT2D eigenvalue weighted by atomic mass is 9.84. The topological polar surface area (TPSA) is 23.8 Å². The van der Waals surface area contributed by atoms with E-state index in [-0.39, 0.29) is 0 Å². The van der Waals surface area contributed by atoms with Crippen LogP contribution in [0.3, 0.4) is 0 Å². The molecule has 0 spiro atoms. The molecular formula is C17H29N. The van der Waals surface area contributed by atoms with E-state index >= 15 is 0 Å². The number of rotatable bonds is 12. The van der Waals surface area contributed by atoms with Crippen molar-refractivity contribution in [2.24, 2.45) is 11.8 Å². The van der Waals surface area contributed by atoms with Gasteiger partial charge in [0.15, 0.2) is 0 Å². The molecule has 0 N–H and O–H groups in total. The fourth-order valence-electron chi connectivity index (χ4n) is 2.40. The Hall–Kier alpha value is -1.03. The Morgan fingerprint density at radius 3 is 1.94 bits per heavy atom. The lowest BCUT2D eigenvalue weighted by molar-refractivity contribution is 0.391. The molecule has 0 rings (SSSR count). The zero-order valence-corrected chi connectivity index (χ0v) is 12.0. The van der Waals surface area contributed by atoms with Crippen LogP contribution < -0.4 is 0 Å². The van der Waals surface area contributed by atoms with Crippen LogP contribution >= 0.6 is 0 Å². The lowest BCUT2D eigenvalue weighted by Gasteiger charge is -2.21. The summed E-state index contributed by atoms with van der Waals surface area (Å²) in [5.74, 6) is 1.16. The molecule has 0 aromatic heterocycles. The van der Waals surface area contributed by atoms with Gasteiger partial charge in [-0.05, 0) is 31.1 Å². The van der Waals surface area contributed by atoms with E-state index in [2.05, 4.69) is 38.3 Å². The van der Waals surface area contributed by atoms with Crippen LogP contribution in [0.15, 0.2) is 25.3 Å². The van der Waals surface area contributed by atoms with E-state index in [0.717, 1.165) is 12.8 Å². The third-order valence-electron chi connectivity index (χ3n) is 3.62. The van der Waals surface area contributed by atoms with Gasteiger partial charge >= 0.3 is 0 Å². The smallest absolute Gasteiger partial charge is 0.0621 e. The van der Waals surface area contributed by atoms with Crippen molar-refractivity contribution >= 4 is 0 Å². The summed E-state index contributed by atoms with van der Waals surface area (Å²) in [5.41, 5.74) is 0. The van der Waals surface area contributed by atoms with Gasteiger partial charge in [0.1, 0.15) is 0 Å². The molecule has 0 aliphatic carbocycles. The van der Waals surface area contributed by atoms with Crippen molar-refractivity contribution in [2.45, 2.75) is 64.7 Å². The summed E-state index contributed by atoms with van der Waals surface area (Å²) >= 11 is 0. The lowest BCUT2D eigenvalue weighted by Crippen LogP contribution is -2.10. The maximum absolute atomic E-state index is 8.49. The second-order valence-electron chi connectivity index (χ2n) is 5.05. The molecule has 0 aromatic rings. The molecule has 0 bridgehead atoms. The molecule has 2 atom stereocenters. The monoisotopic (exact) mass is 247 g/mol. The summed E-state index contributed by atoms with van der Waals surface area (Å²) in [7, 11) is 0. The van der Waals surface area contributed by atoms with Crippen molar-refractivity contribution < 1.29 is 0 Å². The van der Waals surface area contributed by atoms with Crippen LogP contribution in [0.1, 0.15) is 64.7 Å². The number of nitrogens with zero attached hydrogens (tertiary/aromatic N) is 1. The number of hydrogen-bond acceptors (Lipinski definition) is 1. The maximum Gasteiger partial charge on any atom is 0.0621 e. The predicted octanol–water partition coefficient (Wildman–Crippen LogP) is 5.65. The molecule has 0 aromatic carbocycles. The third kappa shape index (κ3) is 8.12. The fourth-order valence-corrected chi connectivity index (χ4v) is 2.40. The molecular weight excluding hydrogens is 218 g/mol. The first-order valence-electron chi connectivity index (χ1n) is 7.42. The molecule has 0 amide bonds. The van der Waals surface area contributed by atoms with Gasteiger partial charge in [-0.1, -0.05) is 51.2 Å². The zero-order chi connectivity index (χ0) is 13.6. The van der Waals surface area contributed by atoms with Crippen LogP contribution in [0.5, 0.6) is 0 Å². The van der Waals surface area contributed by atoms with Crippen molar-refractivity contribution in [2.75, 3.05) is 0 Å². The molecule has 1 heteroatoms. The maximum atomic E-state index is 8.49. The summed E-state index contributed by atoms with van der Waals surface area (Å²) in [4.78, 5) is 0. The molecule has 0 aliphatic rings. The second-order valence-corrected chi connectivity index (χ2v) is 5.05. The van der Waals surface area contributed by atoms with E-state index < -0.39 is 0 Å². The van der Waals surface area contributed by atoms with Gasteiger partial charge in [0.25, 0.3) is 0 Å². The van der Waals surface area contributed by atoms with Crippen molar-refractivity contribution in [3.05, 3.63) is 25.3 Å². The average molecular weight is 247 g/mol. The average Bonchev–Trinajstić information content (AvgIpc) is 2.40. The number of nitriles is 1. The minimum atomic E-state index is 0.571. The van der Waals surface area contributed by atoms with E-state index in [9.17, 15) is 0 Å². The molecule has 0 aliphatic heterocycles. The Kier molecular flexibility index (Phi) is 11.7. The highest BCUT2D eigenvalue weighted by atomic mass is 14.2. The largest absolute Gasteiger partial charge is 0.198 e. The predicted molar refractivity (Wildman–Crippen MR) is 80.2 cm³/mol. The fraction of sp³-hybridized carbons (Fsp3) is 0.706.